The van der Waals surface area contributed by atoms with Gasteiger partial charge in [0.25, 0.3) is 0 Å². The Morgan fingerprint density at radius 2 is 2.07 bits per heavy atom. The van der Waals surface area contributed by atoms with Crippen molar-refractivity contribution in [3.8, 4) is 0 Å². The van der Waals surface area contributed by atoms with Crippen LogP contribution < -0.4 is 0 Å². The number of carboxylic acids is 1. The minimum Gasteiger partial charge on any atom is -0.476 e. The second-order valence-corrected chi connectivity index (χ2v) is 3.37. The Morgan fingerprint density at radius 3 is 2.67 bits per heavy atom. The van der Waals surface area contributed by atoms with Gasteiger partial charge in [-0.1, -0.05) is 18.0 Å². The molecule has 0 spiro atoms. The molecule has 1 heterocycles. The van der Waals surface area contributed by atoms with Crippen LogP contribution in [0, 0.1) is 0 Å². The summed E-state index contributed by atoms with van der Waals surface area (Å²) >= 11 is 0. The summed E-state index contributed by atoms with van der Waals surface area (Å²) in [5, 5.41) is 20.6. The van der Waals surface area contributed by atoms with Crippen LogP contribution >= 0.6 is 0 Å². The second-order valence-electron chi connectivity index (χ2n) is 3.37. The van der Waals surface area contributed by atoms with E-state index in [1.54, 1.807) is 0 Å². The van der Waals surface area contributed by atoms with Crippen molar-refractivity contribution in [1.82, 2.24) is 5.16 Å². The minimum atomic E-state index is -1.06. The van der Waals surface area contributed by atoms with Crippen molar-refractivity contribution in [2.24, 2.45) is 0 Å². The quantitative estimate of drug-likeness (QED) is 0.670. The van der Waals surface area contributed by atoms with Gasteiger partial charge in [0.05, 0.1) is 0 Å². The molecular weight excluding hydrogens is 198 g/mol. The van der Waals surface area contributed by atoms with E-state index in [2.05, 4.69) is 5.16 Å². The van der Waals surface area contributed by atoms with E-state index in [9.17, 15) is 4.79 Å². The van der Waals surface area contributed by atoms with E-state index in [1.807, 2.05) is 0 Å². The Labute approximate surface area is 87.7 Å². The zero-order chi connectivity index (χ0) is 11.1. The predicted molar refractivity (Wildman–Crippen MR) is 52.7 cm³/mol. The fourth-order valence-electron chi connectivity index (χ4n) is 1.30. The molecule has 0 aliphatic rings. The first-order valence-corrected chi connectivity index (χ1v) is 5.04. The number of aromatic nitrogens is 1. The summed E-state index contributed by atoms with van der Waals surface area (Å²) in [5.41, 5.74) is -0.0413. The van der Waals surface area contributed by atoms with E-state index in [0.29, 0.717) is 12.2 Å². The molecule has 0 fully saturated rings. The molecule has 0 saturated heterocycles. The van der Waals surface area contributed by atoms with Gasteiger partial charge in [0.2, 0.25) is 0 Å². The highest BCUT2D eigenvalue weighted by Gasteiger charge is 2.09. The smallest absolute Gasteiger partial charge is 0.358 e. The molecule has 1 aromatic rings. The molecule has 5 heteroatoms. The van der Waals surface area contributed by atoms with Crippen molar-refractivity contribution in [2.75, 3.05) is 6.61 Å². The summed E-state index contributed by atoms with van der Waals surface area (Å²) in [5.74, 6) is -0.457. The third-order valence-corrected chi connectivity index (χ3v) is 2.11. The van der Waals surface area contributed by atoms with Gasteiger partial charge in [-0.05, 0) is 12.8 Å². The Hall–Kier alpha value is -1.36. The first-order valence-electron chi connectivity index (χ1n) is 5.04. The van der Waals surface area contributed by atoms with Gasteiger partial charge < -0.3 is 14.7 Å². The van der Waals surface area contributed by atoms with Gasteiger partial charge in [0.1, 0.15) is 5.76 Å². The second kappa shape index (κ2) is 6.19. The summed E-state index contributed by atoms with van der Waals surface area (Å²) in [7, 11) is 0. The van der Waals surface area contributed by atoms with Crippen LogP contribution in [0.4, 0.5) is 0 Å². The number of aliphatic hydroxyl groups is 1. The number of carboxylic acid groups (broad SMARTS) is 1. The van der Waals surface area contributed by atoms with E-state index in [-0.39, 0.29) is 12.3 Å². The zero-order valence-electron chi connectivity index (χ0n) is 8.48. The molecule has 0 unspecified atom stereocenters. The molecule has 0 atom stereocenters. The van der Waals surface area contributed by atoms with Gasteiger partial charge in [-0.15, -0.1) is 0 Å². The average molecular weight is 213 g/mol. The maximum Gasteiger partial charge on any atom is 0.358 e. The fraction of sp³-hybridized carbons (Fsp3) is 0.600. The molecular formula is C10H15NO4. The van der Waals surface area contributed by atoms with Crippen molar-refractivity contribution in [2.45, 2.75) is 32.1 Å². The molecule has 1 rings (SSSR count). The number of aliphatic hydroxyl groups excluding tert-OH is 1. The highest BCUT2D eigenvalue weighted by Crippen LogP contribution is 2.09. The van der Waals surface area contributed by atoms with Gasteiger partial charge in [0.15, 0.2) is 5.69 Å². The lowest BCUT2D eigenvalue weighted by Gasteiger charge is -1.96. The first kappa shape index (κ1) is 11.7. The molecule has 0 amide bonds. The van der Waals surface area contributed by atoms with Crippen LogP contribution in [-0.2, 0) is 6.42 Å². The largest absolute Gasteiger partial charge is 0.476 e. The highest BCUT2D eigenvalue weighted by atomic mass is 16.5. The van der Waals surface area contributed by atoms with Crippen LogP contribution in [0.2, 0.25) is 0 Å². The Morgan fingerprint density at radius 1 is 1.33 bits per heavy atom. The molecule has 0 aliphatic carbocycles. The summed E-state index contributed by atoms with van der Waals surface area (Å²) in [6.07, 6.45) is 4.43. The van der Waals surface area contributed by atoms with Crippen LogP contribution in [0.5, 0.6) is 0 Å². The number of hydrogen-bond donors (Lipinski definition) is 2. The molecule has 0 radical (unpaired) electrons. The Balaban J connectivity index is 2.23. The fourth-order valence-corrected chi connectivity index (χ4v) is 1.30. The van der Waals surface area contributed by atoms with Crippen LogP contribution in [0.3, 0.4) is 0 Å². The van der Waals surface area contributed by atoms with Gasteiger partial charge in [0, 0.05) is 19.1 Å². The average Bonchev–Trinajstić information content (AvgIpc) is 2.66. The van der Waals surface area contributed by atoms with Crippen molar-refractivity contribution in [3.63, 3.8) is 0 Å². The summed E-state index contributed by atoms with van der Waals surface area (Å²) in [6.45, 7) is 0.228. The van der Waals surface area contributed by atoms with Crippen LogP contribution in [0.25, 0.3) is 0 Å². The predicted octanol–water partition coefficient (Wildman–Crippen LogP) is 1.47. The lowest BCUT2D eigenvalue weighted by Crippen LogP contribution is -1.94. The molecule has 2 N–H and O–H groups in total. The lowest BCUT2D eigenvalue weighted by molar-refractivity contribution is 0.0685. The van der Waals surface area contributed by atoms with Crippen LogP contribution in [-0.4, -0.2) is 27.9 Å². The highest BCUT2D eigenvalue weighted by molar-refractivity contribution is 5.85. The third kappa shape index (κ3) is 4.12. The van der Waals surface area contributed by atoms with E-state index in [1.165, 1.54) is 6.07 Å². The maximum atomic E-state index is 10.5. The Bertz CT molecular complexity index is 308. The monoisotopic (exact) mass is 213 g/mol. The van der Waals surface area contributed by atoms with Crippen molar-refractivity contribution >= 4 is 5.97 Å². The maximum absolute atomic E-state index is 10.5. The normalized spacial score (nSPS) is 10.5. The lowest BCUT2D eigenvalue weighted by atomic mass is 10.1. The number of aryl methyl sites for hydroxylation is 1. The van der Waals surface area contributed by atoms with E-state index < -0.39 is 5.97 Å². The number of hydrogen-bond acceptors (Lipinski definition) is 4. The van der Waals surface area contributed by atoms with Crippen LogP contribution in [0.15, 0.2) is 10.6 Å². The van der Waals surface area contributed by atoms with Crippen molar-refractivity contribution in [3.05, 3.63) is 17.5 Å². The standard InChI is InChI=1S/C10H15NO4/c12-6-4-2-1-3-5-8-7-9(10(13)14)11-15-8/h7,12H,1-6H2,(H,13,14). The molecule has 15 heavy (non-hydrogen) atoms. The van der Waals surface area contributed by atoms with E-state index in [4.69, 9.17) is 14.7 Å². The number of unbranched alkanes of at least 4 members (excludes halogenated alkanes) is 3. The summed E-state index contributed by atoms with van der Waals surface area (Å²) in [4.78, 5) is 10.5. The van der Waals surface area contributed by atoms with Crippen molar-refractivity contribution < 1.29 is 19.5 Å². The number of aromatic carboxylic acids is 1. The summed E-state index contributed by atoms with van der Waals surface area (Å²) < 4.78 is 4.85. The third-order valence-electron chi connectivity index (χ3n) is 2.11. The van der Waals surface area contributed by atoms with Gasteiger partial charge in [-0.3, -0.25) is 0 Å². The van der Waals surface area contributed by atoms with Gasteiger partial charge in [-0.25, -0.2) is 4.79 Å². The number of rotatable bonds is 7. The molecule has 5 nitrogen and oxygen atoms in total. The zero-order valence-corrected chi connectivity index (χ0v) is 8.48. The minimum absolute atomic E-state index is 0.0413. The molecule has 84 valence electrons. The SMILES string of the molecule is O=C(O)c1cc(CCCCCCO)on1. The molecule has 1 aromatic heterocycles. The topological polar surface area (TPSA) is 83.6 Å². The van der Waals surface area contributed by atoms with E-state index in [0.717, 1.165) is 25.7 Å². The molecule has 0 bridgehead atoms. The Kier molecular flexibility index (Phi) is 4.83. The molecule has 0 aliphatic heterocycles. The summed E-state index contributed by atoms with van der Waals surface area (Å²) in [6, 6.07) is 1.45. The number of nitrogens with zero attached hydrogens (tertiary/aromatic N) is 1. The molecule has 0 aromatic carbocycles. The van der Waals surface area contributed by atoms with Crippen LogP contribution in [0.1, 0.15) is 41.9 Å². The molecule has 0 saturated carbocycles. The van der Waals surface area contributed by atoms with Gasteiger partial charge in [-0.2, -0.15) is 0 Å². The van der Waals surface area contributed by atoms with E-state index >= 15 is 0 Å². The first-order chi connectivity index (χ1) is 7.24. The number of carbonyl (C=O) groups is 1. The van der Waals surface area contributed by atoms with Crippen molar-refractivity contribution in [1.29, 1.82) is 0 Å². The van der Waals surface area contributed by atoms with Gasteiger partial charge >= 0.3 is 5.97 Å².